The third-order valence-corrected chi connectivity index (χ3v) is 6.28. The van der Waals surface area contributed by atoms with Gasteiger partial charge >= 0.3 is 6.09 Å². The maximum Gasteiger partial charge on any atom is 0.410 e. The van der Waals surface area contributed by atoms with Gasteiger partial charge in [-0.3, -0.25) is 0 Å². The molecule has 140 valence electrons. The van der Waals surface area contributed by atoms with Gasteiger partial charge < -0.3 is 15.0 Å². The van der Waals surface area contributed by atoms with Crippen molar-refractivity contribution in [1.29, 1.82) is 0 Å². The van der Waals surface area contributed by atoms with Crippen molar-refractivity contribution in [1.82, 2.24) is 15.2 Å². The maximum atomic E-state index is 12.2. The van der Waals surface area contributed by atoms with Crippen LogP contribution < -0.4 is 5.32 Å². The van der Waals surface area contributed by atoms with Crippen molar-refractivity contribution in [3.05, 3.63) is 16.1 Å². The molecule has 2 fully saturated rings. The van der Waals surface area contributed by atoms with Crippen LogP contribution in [0.2, 0.25) is 0 Å². The average Bonchev–Trinajstić information content (AvgIpc) is 3.16. The highest BCUT2D eigenvalue weighted by molar-refractivity contribution is 7.09. The Morgan fingerprint density at radius 1 is 1.32 bits per heavy atom. The average molecular weight is 366 g/mol. The number of thiazole rings is 1. The summed E-state index contributed by atoms with van der Waals surface area (Å²) in [5.41, 5.74) is 0.744. The summed E-state index contributed by atoms with van der Waals surface area (Å²) in [7, 11) is 0. The Labute approximate surface area is 155 Å². The zero-order chi connectivity index (χ0) is 18.1. The molecule has 0 atom stereocenters. The third-order valence-electron chi connectivity index (χ3n) is 5.11. The highest BCUT2D eigenvalue weighted by atomic mass is 32.1. The Morgan fingerprint density at radius 2 is 1.96 bits per heavy atom. The first kappa shape index (κ1) is 18.6. The van der Waals surface area contributed by atoms with E-state index in [0.29, 0.717) is 6.04 Å². The number of likely N-dealkylation sites (tertiary alicyclic amines) is 1. The summed E-state index contributed by atoms with van der Waals surface area (Å²) < 4.78 is 5.50. The number of aryl methyl sites for hydroxylation is 1. The molecule has 3 rings (SSSR count). The van der Waals surface area contributed by atoms with Crippen LogP contribution in [0.15, 0.2) is 5.38 Å². The molecule has 1 amide bonds. The van der Waals surface area contributed by atoms with Gasteiger partial charge in [0.1, 0.15) is 10.6 Å². The molecule has 1 saturated heterocycles. The van der Waals surface area contributed by atoms with Crippen molar-refractivity contribution in [3.63, 3.8) is 0 Å². The van der Waals surface area contributed by atoms with Crippen LogP contribution >= 0.6 is 11.3 Å². The van der Waals surface area contributed by atoms with Gasteiger partial charge in [-0.2, -0.15) is 0 Å². The van der Waals surface area contributed by atoms with Crippen LogP contribution in [-0.2, 0) is 10.3 Å². The summed E-state index contributed by atoms with van der Waals surface area (Å²) in [5.74, 6) is 0. The summed E-state index contributed by atoms with van der Waals surface area (Å²) >= 11 is 1.79. The van der Waals surface area contributed by atoms with Gasteiger partial charge in [0.2, 0.25) is 0 Å². The van der Waals surface area contributed by atoms with Crippen LogP contribution in [-0.4, -0.2) is 40.7 Å². The van der Waals surface area contributed by atoms with Gasteiger partial charge in [-0.25, -0.2) is 9.78 Å². The molecule has 1 aromatic rings. The molecule has 1 N–H and O–H groups in total. The van der Waals surface area contributed by atoms with E-state index in [1.54, 1.807) is 11.3 Å². The van der Waals surface area contributed by atoms with Gasteiger partial charge in [0, 0.05) is 30.2 Å². The number of rotatable bonds is 3. The summed E-state index contributed by atoms with van der Waals surface area (Å²) in [4.78, 5) is 18.9. The number of hydrogen-bond donors (Lipinski definition) is 1. The first-order valence-corrected chi connectivity index (χ1v) is 10.3. The Balaban J connectivity index is 1.58. The molecular weight excluding hydrogens is 334 g/mol. The topological polar surface area (TPSA) is 54.5 Å². The monoisotopic (exact) mass is 365 g/mol. The number of aromatic nitrogens is 1. The second-order valence-corrected chi connectivity index (χ2v) is 9.33. The lowest BCUT2D eigenvalue weighted by Crippen LogP contribution is -2.52. The van der Waals surface area contributed by atoms with Gasteiger partial charge in [-0.05, 0) is 53.4 Å². The second kappa shape index (κ2) is 7.23. The summed E-state index contributed by atoms with van der Waals surface area (Å²) in [6.07, 6.45) is 6.65. The minimum Gasteiger partial charge on any atom is -0.444 e. The molecule has 0 bridgehead atoms. The van der Waals surface area contributed by atoms with Gasteiger partial charge in [-0.15, -0.1) is 11.3 Å². The Morgan fingerprint density at radius 3 is 2.48 bits per heavy atom. The van der Waals surface area contributed by atoms with E-state index in [2.05, 4.69) is 17.6 Å². The molecule has 0 spiro atoms. The van der Waals surface area contributed by atoms with Crippen LogP contribution in [0.3, 0.4) is 0 Å². The van der Waals surface area contributed by atoms with E-state index in [-0.39, 0.29) is 11.6 Å². The molecule has 2 aliphatic rings. The first-order valence-electron chi connectivity index (χ1n) is 9.46. The number of nitrogens with one attached hydrogen (secondary N) is 1. The fraction of sp³-hybridized carbons (Fsp3) is 0.789. The lowest BCUT2D eigenvalue weighted by molar-refractivity contribution is 0.0189. The van der Waals surface area contributed by atoms with Crippen LogP contribution in [0.1, 0.15) is 70.0 Å². The van der Waals surface area contributed by atoms with Crippen molar-refractivity contribution >= 4 is 17.4 Å². The van der Waals surface area contributed by atoms with Gasteiger partial charge in [0.05, 0.1) is 5.54 Å². The van der Waals surface area contributed by atoms with Crippen molar-refractivity contribution in [2.45, 2.75) is 83.4 Å². The van der Waals surface area contributed by atoms with Crippen molar-refractivity contribution in [2.75, 3.05) is 13.1 Å². The standard InChI is InChI=1S/C19H31N3O2S/c1-14-13-25-16(20-14)19(9-5-6-10-19)21-15-7-11-22(12-8-15)17(23)24-18(2,3)4/h13,15,21H,5-12H2,1-4H3. The van der Waals surface area contributed by atoms with E-state index in [1.165, 1.54) is 30.7 Å². The van der Waals surface area contributed by atoms with Crippen molar-refractivity contribution < 1.29 is 9.53 Å². The van der Waals surface area contributed by atoms with Gasteiger partial charge in [0.25, 0.3) is 0 Å². The van der Waals surface area contributed by atoms with E-state index >= 15 is 0 Å². The molecule has 0 unspecified atom stereocenters. The molecule has 5 nitrogen and oxygen atoms in total. The third kappa shape index (κ3) is 4.53. The zero-order valence-electron chi connectivity index (χ0n) is 15.9. The zero-order valence-corrected chi connectivity index (χ0v) is 16.7. The SMILES string of the molecule is Cc1csc(C2(NC3CCN(C(=O)OC(C)(C)C)CC3)CCCC2)n1. The van der Waals surface area contributed by atoms with Gasteiger partial charge in [0.15, 0.2) is 0 Å². The molecule has 25 heavy (non-hydrogen) atoms. The van der Waals surface area contributed by atoms with E-state index in [0.717, 1.165) is 31.6 Å². The smallest absolute Gasteiger partial charge is 0.410 e. The molecular formula is C19H31N3O2S. The summed E-state index contributed by atoms with van der Waals surface area (Å²) in [5, 5.41) is 7.34. The number of hydrogen-bond acceptors (Lipinski definition) is 5. The van der Waals surface area contributed by atoms with Crippen molar-refractivity contribution in [2.24, 2.45) is 0 Å². The predicted octanol–water partition coefficient (Wildman–Crippen LogP) is 4.21. The quantitative estimate of drug-likeness (QED) is 0.872. The summed E-state index contributed by atoms with van der Waals surface area (Å²) in [6.45, 7) is 9.35. The number of carbonyl (C=O) groups excluding carboxylic acids is 1. The largest absolute Gasteiger partial charge is 0.444 e. The summed E-state index contributed by atoms with van der Waals surface area (Å²) in [6, 6.07) is 0.445. The first-order chi connectivity index (χ1) is 11.8. The number of nitrogens with zero attached hydrogens (tertiary/aromatic N) is 2. The maximum absolute atomic E-state index is 12.2. The van der Waals surface area contributed by atoms with E-state index in [1.807, 2.05) is 25.7 Å². The molecule has 0 radical (unpaired) electrons. The Kier molecular flexibility index (Phi) is 5.40. The molecule has 1 aliphatic heterocycles. The molecule has 1 aliphatic carbocycles. The molecule has 0 aromatic carbocycles. The molecule has 1 aromatic heterocycles. The van der Waals surface area contributed by atoms with Crippen molar-refractivity contribution in [3.8, 4) is 0 Å². The number of amides is 1. The fourth-order valence-corrected chi connectivity index (χ4v) is 4.92. The highest BCUT2D eigenvalue weighted by Gasteiger charge is 2.40. The van der Waals surface area contributed by atoms with Gasteiger partial charge in [-0.1, -0.05) is 12.8 Å². The number of ether oxygens (including phenoxy) is 1. The number of piperidine rings is 1. The minimum absolute atomic E-state index is 0.0533. The van der Waals surface area contributed by atoms with E-state index in [9.17, 15) is 4.79 Å². The fourth-order valence-electron chi connectivity index (χ4n) is 3.90. The van der Waals surface area contributed by atoms with Crippen LogP contribution in [0.5, 0.6) is 0 Å². The van der Waals surface area contributed by atoms with Crippen LogP contribution in [0, 0.1) is 6.92 Å². The Hall–Kier alpha value is -1.14. The lowest BCUT2D eigenvalue weighted by Gasteiger charge is -2.38. The van der Waals surface area contributed by atoms with Crippen LogP contribution in [0.25, 0.3) is 0 Å². The predicted molar refractivity (Wildman–Crippen MR) is 101 cm³/mol. The molecule has 2 heterocycles. The van der Waals surface area contributed by atoms with E-state index in [4.69, 9.17) is 9.72 Å². The minimum atomic E-state index is -0.428. The lowest BCUT2D eigenvalue weighted by atomic mass is 9.94. The van der Waals surface area contributed by atoms with E-state index < -0.39 is 5.60 Å². The Bertz CT molecular complexity index is 594. The number of carbonyl (C=O) groups is 1. The molecule has 1 saturated carbocycles. The molecule has 6 heteroatoms. The highest BCUT2D eigenvalue weighted by Crippen LogP contribution is 2.41. The normalized spacial score (nSPS) is 21.5. The van der Waals surface area contributed by atoms with Crippen LogP contribution in [0.4, 0.5) is 4.79 Å². The second-order valence-electron chi connectivity index (χ2n) is 8.47.